The lowest BCUT2D eigenvalue weighted by Gasteiger charge is -2.33. The Labute approximate surface area is 124 Å². The van der Waals surface area contributed by atoms with E-state index in [0.29, 0.717) is 19.4 Å². The molecule has 1 atom stereocenters. The van der Waals surface area contributed by atoms with Crippen LogP contribution in [0.2, 0.25) is 0 Å². The van der Waals surface area contributed by atoms with Crippen molar-refractivity contribution in [3.63, 3.8) is 0 Å². The van der Waals surface area contributed by atoms with Crippen molar-refractivity contribution in [2.75, 3.05) is 6.54 Å². The van der Waals surface area contributed by atoms with Crippen LogP contribution in [0.1, 0.15) is 29.6 Å². The number of carbonyl (C=O) groups is 2. The molecule has 1 heterocycles. The monoisotopic (exact) mass is 317 g/mol. The number of carboxylic acid groups (broad SMARTS) is 1. The highest BCUT2D eigenvalue weighted by molar-refractivity contribution is 5.96. The van der Waals surface area contributed by atoms with Crippen LogP contribution < -0.4 is 4.74 Å². The maximum absolute atomic E-state index is 12.3. The van der Waals surface area contributed by atoms with Gasteiger partial charge in [-0.05, 0) is 43.5 Å². The lowest BCUT2D eigenvalue weighted by Crippen LogP contribution is -2.47. The van der Waals surface area contributed by atoms with E-state index in [4.69, 9.17) is 5.11 Å². The van der Waals surface area contributed by atoms with Gasteiger partial charge in [0.25, 0.3) is 5.91 Å². The zero-order valence-electron chi connectivity index (χ0n) is 11.5. The number of carboxylic acids is 1. The van der Waals surface area contributed by atoms with Gasteiger partial charge in [0.2, 0.25) is 0 Å². The summed E-state index contributed by atoms with van der Waals surface area (Å²) in [5, 5.41) is 9.14. The first kappa shape index (κ1) is 16.1. The molecular weight excluding hydrogens is 303 g/mol. The SMILES string of the molecule is O=C(O)[C@H]1CCCCN1C(=O)c1ccc(OC(F)(F)F)cc1. The van der Waals surface area contributed by atoms with E-state index in [1.165, 1.54) is 17.0 Å². The van der Waals surface area contributed by atoms with Crippen molar-refractivity contribution in [2.45, 2.75) is 31.7 Å². The highest BCUT2D eigenvalue weighted by atomic mass is 19.4. The first-order valence-corrected chi connectivity index (χ1v) is 6.67. The number of ether oxygens (including phenoxy) is 1. The van der Waals surface area contributed by atoms with Crippen molar-refractivity contribution in [1.82, 2.24) is 4.90 Å². The third-order valence-electron chi connectivity index (χ3n) is 3.38. The summed E-state index contributed by atoms with van der Waals surface area (Å²) in [7, 11) is 0. The highest BCUT2D eigenvalue weighted by Crippen LogP contribution is 2.24. The molecule has 1 aromatic carbocycles. The Balaban J connectivity index is 2.13. The molecule has 8 heteroatoms. The maximum Gasteiger partial charge on any atom is 0.573 e. The fraction of sp³-hybridized carbons (Fsp3) is 0.429. The number of amides is 1. The summed E-state index contributed by atoms with van der Waals surface area (Å²) < 4.78 is 39.9. The summed E-state index contributed by atoms with van der Waals surface area (Å²) in [5.74, 6) is -2.02. The first-order valence-electron chi connectivity index (χ1n) is 6.67. The number of hydrogen-bond acceptors (Lipinski definition) is 3. The molecule has 1 aromatic rings. The lowest BCUT2D eigenvalue weighted by atomic mass is 10.0. The second-order valence-corrected chi connectivity index (χ2v) is 4.92. The smallest absolute Gasteiger partial charge is 0.480 e. The predicted octanol–water partition coefficient (Wildman–Crippen LogP) is 2.66. The molecule has 0 aromatic heterocycles. The summed E-state index contributed by atoms with van der Waals surface area (Å²) in [6.07, 6.45) is -3.01. The van der Waals surface area contributed by atoms with Crippen LogP contribution in [0.3, 0.4) is 0 Å². The van der Waals surface area contributed by atoms with Crippen LogP contribution >= 0.6 is 0 Å². The Morgan fingerprint density at radius 1 is 1.18 bits per heavy atom. The Morgan fingerprint density at radius 3 is 2.36 bits per heavy atom. The number of benzene rings is 1. The quantitative estimate of drug-likeness (QED) is 0.931. The van der Waals surface area contributed by atoms with Crippen LogP contribution in [0.15, 0.2) is 24.3 Å². The van der Waals surface area contributed by atoms with Crippen molar-refractivity contribution in [1.29, 1.82) is 0 Å². The van der Waals surface area contributed by atoms with E-state index in [9.17, 15) is 22.8 Å². The third kappa shape index (κ3) is 3.90. The Bertz CT molecular complexity index is 556. The van der Waals surface area contributed by atoms with Gasteiger partial charge in [0.05, 0.1) is 0 Å². The molecule has 0 unspecified atom stereocenters. The molecule has 0 radical (unpaired) electrons. The second-order valence-electron chi connectivity index (χ2n) is 4.92. The molecule has 2 rings (SSSR count). The number of aliphatic carboxylic acids is 1. The molecular formula is C14H14F3NO4. The van der Waals surface area contributed by atoms with E-state index in [2.05, 4.69) is 4.74 Å². The van der Waals surface area contributed by atoms with Crippen molar-refractivity contribution in [2.24, 2.45) is 0 Å². The van der Waals surface area contributed by atoms with Crippen LogP contribution in [0.25, 0.3) is 0 Å². The van der Waals surface area contributed by atoms with E-state index >= 15 is 0 Å². The van der Waals surface area contributed by atoms with Gasteiger partial charge in [-0.2, -0.15) is 0 Å². The Kier molecular flexibility index (Phi) is 4.58. The van der Waals surface area contributed by atoms with Crippen LogP contribution in [-0.4, -0.2) is 40.8 Å². The number of halogens is 3. The molecule has 22 heavy (non-hydrogen) atoms. The molecule has 1 saturated heterocycles. The van der Waals surface area contributed by atoms with Crippen molar-refractivity contribution >= 4 is 11.9 Å². The molecule has 0 aliphatic carbocycles. The molecule has 1 N–H and O–H groups in total. The minimum Gasteiger partial charge on any atom is -0.480 e. The van der Waals surface area contributed by atoms with Crippen molar-refractivity contribution < 1.29 is 32.6 Å². The van der Waals surface area contributed by atoms with Gasteiger partial charge < -0.3 is 14.7 Å². The second kappa shape index (κ2) is 6.25. The molecule has 1 amide bonds. The summed E-state index contributed by atoms with van der Waals surface area (Å²) in [4.78, 5) is 24.7. The number of rotatable bonds is 3. The van der Waals surface area contributed by atoms with Crippen LogP contribution in [-0.2, 0) is 4.79 Å². The zero-order valence-corrected chi connectivity index (χ0v) is 11.5. The van der Waals surface area contributed by atoms with Gasteiger partial charge in [-0.25, -0.2) is 4.79 Å². The molecule has 0 spiro atoms. The molecule has 0 bridgehead atoms. The Morgan fingerprint density at radius 2 is 1.82 bits per heavy atom. The normalized spacial score (nSPS) is 18.9. The zero-order chi connectivity index (χ0) is 16.3. The molecule has 120 valence electrons. The van der Waals surface area contributed by atoms with E-state index in [-0.39, 0.29) is 5.56 Å². The predicted molar refractivity (Wildman–Crippen MR) is 69.4 cm³/mol. The van der Waals surface area contributed by atoms with Gasteiger partial charge in [0.1, 0.15) is 11.8 Å². The van der Waals surface area contributed by atoms with Crippen molar-refractivity contribution in [3.05, 3.63) is 29.8 Å². The average molecular weight is 317 g/mol. The molecule has 1 aliphatic heterocycles. The number of hydrogen-bond donors (Lipinski definition) is 1. The summed E-state index contributed by atoms with van der Waals surface area (Å²) >= 11 is 0. The topological polar surface area (TPSA) is 66.8 Å². The van der Waals surface area contributed by atoms with E-state index < -0.39 is 30.0 Å². The molecule has 1 fully saturated rings. The highest BCUT2D eigenvalue weighted by Gasteiger charge is 2.33. The Hall–Kier alpha value is -2.25. The minimum absolute atomic E-state index is 0.127. The molecule has 5 nitrogen and oxygen atoms in total. The van der Waals surface area contributed by atoms with Gasteiger partial charge in [-0.1, -0.05) is 0 Å². The van der Waals surface area contributed by atoms with Crippen molar-refractivity contribution in [3.8, 4) is 5.75 Å². The van der Waals surface area contributed by atoms with E-state index in [0.717, 1.165) is 18.6 Å². The standard InChI is InChI=1S/C14H14F3NO4/c15-14(16,17)22-10-6-4-9(5-7-10)12(19)18-8-2-1-3-11(18)13(20)21/h4-7,11H,1-3,8H2,(H,20,21)/t11-/m1/s1. The van der Waals surface area contributed by atoms with Gasteiger partial charge in [0, 0.05) is 12.1 Å². The molecule has 1 aliphatic rings. The van der Waals surface area contributed by atoms with Crippen LogP contribution in [0.5, 0.6) is 5.75 Å². The number of piperidine rings is 1. The largest absolute Gasteiger partial charge is 0.573 e. The maximum atomic E-state index is 12.3. The van der Waals surface area contributed by atoms with Gasteiger partial charge in [-0.3, -0.25) is 4.79 Å². The fourth-order valence-electron chi connectivity index (χ4n) is 2.40. The fourth-order valence-corrected chi connectivity index (χ4v) is 2.40. The van der Waals surface area contributed by atoms with E-state index in [1.54, 1.807) is 0 Å². The lowest BCUT2D eigenvalue weighted by molar-refractivity contribution is -0.274. The number of likely N-dealkylation sites (tertiary alicyclic amines) is 1. The van der Waals surface area contributed by atoms with Gasteiger partial charge in [-0.15, -0.1) is 13.2 Å². The third-order valence-corrected chi connectivity index (χ3v) is 3.38. The van der Waals surface area contributed by atoms with Gasteiger partial charge >= 0.3 is 12.3 Å². The average Bonchev–Trinajstić information content (AvgIpc) is 2.45. The number of nitrogens with zero attached hydrogens (tertiary/aromatic N) is 1. The van der Waals surface area contributed by atoms with Gasteiger partial charge in [0.15, 0.2) is 0 Å². The number of alkyl halides is 3. The van der Waals surface area contributed by atoms with Crippen LogP contribution in [0, 0.1) is 0 Å². The first-order chi connectivity index (χ1) is 10.3. The van der Waals surface area contributed by atoms with E-state index in [1.807, 2.05) is 0 Å². The summed E-state index contributed by atoms with van der Waals surface area (Å²) in [5.41, 5.74) is 0.127. The minimum atomic E-state index is -4.80. The van der Waals surface area contributed by atoms with Crippen LogP contribution in [0.4, 0.5) is 13.2 Å². The summed E-state index contributed by atoms with van der Waals surface area (Å²) in [6, 6.07) is 3.54. The molecule has 0 saturated carbocycles. The summed E-state index contributed by atoms with van der Waals surface area (Å²) in [6.45, 7) is 0.316. The number of carbonyl (C=O) groups excluding carboxylic acids is 1.